The first-order valence-corrected chi connectivity index (χ1v) is 9.21. The van der Waals surface area contributed by atoms with Gasteiger partial charge in [-0.05, 0) is 24.1 Å². The summed E-state index contributed by atoms with van der Waals surface area (Å²) in [6, 6.07) is 12.9. The van der Waals surface area contributed by atoms with Crippen LogP contribution in [0.15, 0.2) is 54.9 Å². The SMILES string of the molecule is CCOC(=O)CCN(Cc1cccnc1)C(=O)CNC(=O)Cc1ccccc1. The molecule has 0 fully saturated rings. The van der Waals surface area contributed by atoms with E-state index in [4.69, 9.17) is 4.74 Å². The van der Waals surface area contributed by atoms with Crippen molar-refractivity contribution in [3.8, 4) is 0 Å². The van der Waals surface area contributed by atoms with E-state index in [1.807, 2.05) is 36.4 Å². The van der Waals surface area contributed by atoms with Gasteiger partial charge in [-0.1, -0.05) is 36.4 Å². The average molecular weight is 383 g/mol. The molecule has 1 heterocycles. The number of ether oxygens (including phenoxy) is 1. The summed E-state index contributed by atoms with van der Waals surface area (Å²) in [6.45, 7) is 2.42. The van der Waals surface area contributed by atoms with Crippen LogP contribution in [0.1, 0.15) is 24.5 Å². The van der Waals surface area contributed by atoms with Crippen LogP contribution >= 0.6 is 0 Å². The first-order valence-electron chi connectivity index (χ1n) is 9.21. The lowest BCUT2D eigenvalue weighted by molar-refractivity contribution is -0.144. The number of rotatable bonds is 10. The van der Waals surface area contributed by atoms with E-state index in [0.717, 1.165) is 11.1 Å². The van der Waals surface area contributed by atoms with Gasteiger partial charge in [-0.25, -0.2) is 0 Å². The molecule has 0 bridgehead atoms. The number of benzene rings is 1. The zero-order valence-electron chi connectivity index (χ0n) is 16.0. The van der Waals surface area contributed by atoms with Crippen LogP contribution in [0, 0.1) is 0 Å². The van der Waals surface area contributed by atoms with Crippen molar-refractivity contribution in [2.75, 3.05) is 19.7 Å². The molecule has 0 aliphatic rings. The first-order chi connectivity index (χ1) is 13.6. The van der Waals surface area contributed by atoms with Crippen molar-refractivity contribution in [3.05, 3.63) is 66.0 Å². The Kier molecular flexibility index (Phi) is 8.65. The number of nitrogens with zero attached hydrogens (tertiary/aromatic N) is 2. The summed E-state index contributed by atoms with van der Waals surface area (Å²) >= 11 is 0. The summed E-state index contributed by atoms with van der Waals surface area (Å²) in [5, 5.41) is 2.65. The first kappa shape index (κ1) is 21.1. The van der Waals surface area contributed by atoms with Crippen LogP contribution in [0.4, 0.5) is 0 Å². The van der Waals surface area contributed by atoms with Crippen LogP contribution in [0.3, 0.4) is 0 Å². The molecule has 0 unspecified atom stereocenters. The van der Waals surface area contributed by atoms with E-state index < -0.39 is 0 Å². The molecular weight excluding hydrogens is 358 g/mol. The fourth-order valence-corrected chi connectivity index (χ4v) is 2.59. The van der Waals surface area contributed by atoms with Gasteiger partial charge < -0.3 is 15.0 Å². The summed E-state index contributed by atoms with van der Waals surface area (Å²) in [5.74, 6) is -0.861. The number of hydrogen-bond donors (Lipinski definition) is 1. The van der Waals surface area contributed by atoms with Crippen LogP contribution in [-0.2, 0) is 32.1 Å². The minimum absolute atomic E-state index is 0.0950. The lowest BCUT2D eigenvalue weighted by atomic mass is 10.1. The highest BCUT2D eigenvalue weighted by Crippen LogP contribution is 2.05. The van der Waals surface area contributed by atoms with Crippen LogP contribution in [0.2, 0.25) is 0 Å². The monoisotopic (exact) mass is 383 g/mol. The van der Waals surface area contributed by atoms with Gasteiger partial charge in [0.1, 0.15) is 0 Å². The summed E-state index contributed by atoms with van der Waals surface area (Å²) in [5.41, 5.74) is 1.72. The van der Waals surface area contributed by atoms with Gasteiger partial charge in [-0.15, -0.1) is 0 Å². The van der Waals surface area contributed by atoms with Crippen molar-refractivity contribution in [3.63, 3.8) is 0 Å². The second kappa shape index (κ2) is 11.5. The lowest BCUT2D eigenvalue weighted by Crippen LogP contribution is -2.41. The molecule has 0 aliphatic heterocycles. The van der Waals surface area contributed by atoms with Gasteiger partial charge in [0.2, 0.25) is 11.8 Å². The Morgan fingerprint density at radius 1 is 1.07 bits per heavy atom. The van der Waals surface area contributed by atoms with Crippen molar-refractivity contribution >= 4 is 17.8 Å². The number of amides is 2. The van der Waals surface area contributed by atoms with E-state index in [0.29, 0.717) is 13.2 Å². The zero-order valence-corrected chi connectivity index (χ0v) is 16.0. The Morgan fingerprint density at radius 3 is 2.50 bits per heavy atom. The smallest absolute Gasteiger partial charge is 0.307 e. The normalized spacial score (nSPS) is 10.2. The van der Waals surface area contributed by atoms with Gasteiger partial charge in [0.15, 0.2) is 0 Å². The molecule has 0 saturated carbocycles. The molecule has 1 N–H and O–H groups in total. The van der Waals surface area contributed by atoms with Gasteiger partial charge in [0.05, 0.1) is 26.0 Å². The second-order valence-electron chi connectivity index (χ2n) is 6.17. The van der Waals surface area contributed by atoms with Gasteiger partial charge in [0.25, 0.3) is 0 Å². The molecule has 0 aliphatic carbocycles. The van der Waals surface area contributed by atoms with Gasteiger partial charge >= 0.3 is 5.97 Å². The average Bonchev–Trinajstić information content (AvgIpc) is 2.71. The molecule has 148 valence electrons. The quantitative estimate of drug-likeness (QED) is 0.631. The van der Waals surface area contributed by atoms with Crippen molar-refractivity contribution in [2.45, 2.75) is 26.3 Å². The Morgan fingerprint density at radius 2 is 1.82 bits per heavy atom. The number of pyridine rings is 1. The molecule has 2 amide bonds. The third kappa shape index (κ3) is 7.57. The summed E-state index contributed by atoms with van der Waals surface area (Å²) < 4.78 is 4.93. The molecule has 7 heteroatoms. The van der Waals surface area contributed by atoms with Gasteiger partial charge in [-0.2, -0.15) is 0 Å². The van der Waals surface area contributed by atoms with E-state index >= 15 is 0 Å². The highest BCUT2D eigenvalue weighted by atomic mass is 16.5. The van der Waals surface area contributed by atoms with Crippen LogP contribution in [-0.4, -0.2) is 47.4 Å². The minimum Gasteiger partial charge on any atom is -0.466 e. The number of carbonyl (C=O) groups excluding carboxylic acids is 3. The Bertz CT molecular complexity index is 766. The molecular formula is C21H25N3O4. The summed E-state index contributed by atoms with van der Waals surface area (Å²) in [7, 11) is 0. The second-order valence-corrected chi connectivity index (χ2v) is 6.17. The van der Waals surface area contributed by atoms with Gasteiger partial charge in [-0.3, -0.25) is 19.4 Å². The Hall–Kier alpha value is -3.22. The van der Waals surface area contributed by atoms with Crippen LogP contribution in [0.5, 0.6) is 0 Å². The third-order valence-corrected chi connectivity index (χ3v) is 3.98. The predicted octanol–water partition coefficient (Wildman–Crippen LogP) is 1.72. The topological polar surface area (TPSA) is 88.6 Å². The van der Waals surface area contributed by atoms with E-state index in [9.17, 15) is 14.4 Å². The minimum atomic E-state index is -0.361. The third-order valence-electron chi connectivity index (χ3n) is 3.98. The number of nitrogens with one attached hydrogen (secondary N) is 1. The van der Waals surface area contributed by atoms with E-state index in [1.54, 1.807) is 25.4 Å². The Balaban J connectivity index is 1.91. The van der Waals surface area contributed by atoms with Crippen molar-refractivity contribution in [2.24, 2.45) is 0 Å². The maximum absolute atomic E-state index is 12.6. The highest BCUT2D eigenvalue weighted by molar-refractivity contribution is 5.86. The standard InChI is InChI=1S/C21H25N3O4/c1-2-28-21(27)10-12-24(16-18-9-6-11-22-14-18)20(26)15-23-19(25)13-17-7-4-3-5-8-17/h3-9,11,14H,2,10,12-13,15-16H2,1H3,(H,23,25). The molecule has 1 aromatic carbocycles. The van der Waals surface area contributed by atoms with Crippen molar-refractivity contribution in [1.82, 2.24) is 15.2 Å². The molecule has 0 radical (unpaired) electrons. The molecule has 0 spiro atoms. The van der Waals surface area contributed by atoms with Gasteiger partial charge in [0, 0.05) is 25.5 Å². The molecule has 7 nitrogen and oxygen atoms in total. The molecule has 28 heavy (non-hydrogen) atoms. The molecule has 2 rings (SSSR count). The largest absolute Gasteiger partial charge is 0.466 e. The van der Waals surface area contributed by atoms with E-state index in [-0.39, 0.29) is 43.7 Å². The maximum Gasteiger partial charge on any atom is 0.307 e. The number of carbonyl (C=O) groups is 3. The molecule has 2 aromatic rings. The highest BCUT2D eigenvalue weighted by Gasteiger charge is 2.17. The lowest BCUT2D eigenvalue weighted by Gasteiger charge is -2.22. The molecule has 0 saturated heterocycles. The number of hydrogen-bond acceptors (Lipinski definition) is 5. The summed E-state index contributed by atoms with van der Waals surface area (Å²) in [6.07, 6.45) is 3.62. The van der Waals surface area contributed by atoms with Crippen molar-refractivity contribution in [1.29, 1.82) is 0 Å². The van der Waals surface area contributed by atoms with Crippen molar-refractivity contribution < 1.29 is 19.1 Å². The summed E-state index contributed by atoms with van der Waals surface area (Å²) in [4.78, 5) is 41.9. The molecule has 0 atom stereocenters. The van der Waals surface area contributed by atoms with Crippen LogP contribution < -0.4 is 5.32 Å². The fraction of sp³-hybridized carbons (Fsp3) is 0.333. The number of aromatic nitrogens is 1. The van der Waals surface area contributed by atoms with Crippen LogP contribution in [0.25, 0.3) is 0 Å². The zero-order chi connectivity index (χ0) is 20.2. The molecule has 1 aromatic heterocycles. The predicted molar refractivity (Wildman–Crippen MR) is 104 cm³/mol. The maximum atomic E-state index is 12.6. The Labute approximate surface area is 164 Å². The number of esters is 1. The fourth-order valence-electron chi connectivity index (χ4n) is 2.59. The van der Waals surface area contributed by atoms with E-state index in [1.165, 1.54) is 4.90 Å². The van der Waals surface area contributed by atoms with E-state index in [2.05, 4.69) is 10.3 Å².